The third-order valence-electron chi connectivity index (χ3n) is 2.49. The fraction of sp³-hybridized carbons (Fsp3) is 0.182. The molecule has 2 rings (SSSR count). The smallest absolute Gasteiger partial charge is 0.259 e. The average molecular weight is 280 g/mol. The van der Waals surface area contributed by atoms with E-state index in [4.69, 9.17) is 0 Å². The molecule has 1 heterocycles. The van der Waals surface area contributed by atoms with Crippen LogP contribution in [0.3, 0.4) is 0 Å². The number of nitrogens with one attached hydrogen (secondary N) is 2. The Morgan fingerprint density at radius 2 is 2.11 bits per heavy atom. The first-order chi connectivity index (χ1) is 9.04. The van der Waals surface area contributed by atoms with Crippen LogP contribution in [0.2, 0.25) is 0 Å². The van der Waals surface area contributed by atoms with Crippen molar-refractivity contribution in [1.29, 1.82) is 0 Å². The normalized spacial score (nSPS) is 11.2. The molecule has 0 aliphatic carbocycles. The van der Waals surface area contributed by atoms with Crippen molar-refractivity contribution < 1.29 is 13.2 Å². The van der Waals surface area contributed by atoms with Gasteiger partial charge in [0.15, 0.2) is 9.84 Å². The number of aromatic nitrogens is 3. The van der Waals surface area contributed by atoms with E-state index in [1.807, 2.05) is 0 Å². The number of H-pyrrole nitrogens is 1. The van der Waals surface area contributed by atoms with E-state index < -0.39 is 15.7 Å². The van der Waals surface area contributed by atoms with E-state index in [2.05, 4.69) is 20.5 Å². The summed E-state index contributed by atoms with van der Waals surface area (Å²) >= 11 is 0. The van der Waals surface area contributed by atoms with Crippen molar-refractivity contribution in [1.82, 2.24) is 15.2 Å². The Labute approximate surface area is 110 Å². The Kier molecular flexibility index (Phi) is 3.61. The molecule has 1 aromatic heterocycles. The summed E-state index contributed by atoms with van der Waals surface area (Å²) in [5.74, 6) is -0.461. The van der Waals surface area contributed by atoms with Gasteiger partial charge in [0, 0.05) is 0 Å². The third kappa shape index (κ3) is 2.79. The number of anilines is 1. The first-order valence-electron chi connectivity index (χ1n) is 5.53. The summed E-state index contributed by atoms with van der Waals surface area (Å²) in [6.45, 7) is 1.53. The van der Waals surface area contributed by atoms with Crippen molar-refractivity contribution in [2.75, 3.05) is 11.1 Å². The molecule has 19 heavy (non-hydrogen) atoms. The van der Waals surface area contributed by atoms with Crippen LogP contribution in [0.25, 0.3) is 0 Å². The van der Waals surface area contributed by atoms with Crippen molar-refractivity contribution in [3.05, 3.63) is 36.2 Å². The van der Waals surface area contributed by atoms with Gasteiger partial charge in [-0.1, -0.05) is 19.1 Å². The minimum absolute atomic E-state index is 0.00881. The number of amides is 1. The maximum Gasteiger partial charge on any atom is 0.259 e. The average Bonchev–Trinajstić information content (AvgIpc) is 2.91. The van der Waals surface area contributed by atoms with Gasteiger partial charge in [0.2, 0.25) is 5.95 Å². The molecule has 0 aliphatic heterocycles. The Balaban J connectivity index is 2.38. The van der Waals surface area contributed by atoms with Crippen molar-refractivity contribution >= 4 is 21.7 Å². The zero-order valence-electron chi connectivity index (χ0n) is 10.1. The summed E-state index contributed by atoms with van der Waals surface area (Å²) in [5, 5.41) is 8.50. The second-order valence-electron chi connectivity index (χ2n) is 3.69. The maximum absolute atomic E-state index is 12.0. The predicted molar refractivity (Wildman–Crippen MR) is 68.5 cm³/mol. The van der Waals surface area contributed by atoms with Gasteiger partial charge in [-0.2, -0.15) is 10.1 Å². The van der Waals surface area contributed by atoms with E-state index >= 15 is 0 Å². The molecule has 0 radical (unpaired) electrons. The number of benzene rings is 1. The van der Waals surface area contributed by atoms with Gasteiger partial charge in [0.05, 0.1) is 16.2 Å². The number of rotatable bonds is 4. The van der Waals surface area contributed by atoms with Gasteiger partial charge in [-0.15, -0.1) is 0 Å². The monoisotopic (exact) mass is 280 g/mol. The molecule has 100 valence electrons. The lowest BCUT2D eigenvalue weighted by atomic mass is 10.2. The van der Waals surface area contributed by atoms with Crippen LogP contribution >= 0.6 is 0 Å². The number of hydrogen-bond donors (Lipinski definition) is 2. The standard InChI is InChI=1S/C11H12N4O3S/c1-2-19(17,18)9-6-4-3-5-8(9)10(16)14-11-12-7-13-15-11/h3-7H,2H2,1H3,(H2,12,13,14,15,16). The third-order valence-corrected chi connectivity index (χ3v) is 4.28. The molecule has 8 heteroatoms. The summed E-state index contributed by atoms with van der Waals surface area (Å²) in [5.41, 5.74) is 0.0840. The van der Waals surface area contributed by atoms with Gasteiger partial charge >= 0.3 is 0 Å². The van der Waals surface area contributed by atoms with Crippen molar-refractivity contribution in [3.63, 3.8) is 0 Å². The van der Waals surface area contributed by atoms with Crippen LogP contribution in [0.15, 0.2) is 35.5 Å². The molecule has 0 fully saturated rings. The molecule has 2 aromatic rings. The van der Waals surface area contributed by atoms with Crippen LogP contribution in [0.5, 0.6) is 0 Å². The molecule has 1 amide bonds. The summed E-state index contributed by atoms with van der Waals surface area (Å²) < 4.78 is 23.8. The predicted octanol–water partition coefficient (Wildman–Crippen LogP) is 0.851. The Morgan fingerprint density at radius 1 is 1.37 bits per heavy atom. The van der Waals surface area contributed by atoms with E-state index in [1.165, 1.54) is 25.4 Å². The lowest BCUT2D eigenvalue weighted by molar-refractivity contribution is 0.102. The van der Waals surface area contributed by atoms with Crippen molar-refractivity contribution in [2.45, 2.75) is 11.8 Å². The van der Waals surface area contributed by atoms with Gasteiger partial charge in [0.25, 0.3) is 5.91 Å². The number of carbonyl (C=O) groups is 1. The highest BCUT2D eigenvalue weighted by atomic mass is 32.2. The molecule has 0 spiro atoms. The van der Waals surface area contributed by atoms with E-state index in [9.17, 15) is 13.2 Å². The van der Waals surface area contributed by atoms with Crippen LogP contribution in [-0.2, 0) is 9.84 Å². The molecular weight excluding hydrogens is 268 g/mol. The highest BCUT2D eigenvalue weighted by Crippen LogP contribution is 2.17. The quantitative estimate of drug-likeness (QED) is 0.863. The van der Waals surface area contributed by atoms with Crippen LogP contribution in [0.4, 0.5) is 5.95 Å². The first kappa shape index (κ1) is 13.2. The molecule has 0 aliphatic rings. The van der Waals surface area contributed by atoms with Crippen LogP contribution in [0.1, 0.15) is 17.3 Å². The SMILES string of the molecule is CCS(=O)(=O)c1ccccc1C(=O)Nc1ncn[nH]1. The van der Waals surface area contributed by atoms with E-state index in [-0.39, 0.29) is 22.2 Å². The number of sulfone groups is 1. The molecular formula is C11H12N4O3S. The number of carbonyl (C=O) groups excluding carboxylic acids is 1. The summed E-state index contributed by atoms with van der Waals surface area (Å²) in [4.78, 5) is 15.8. The van der Waals surface area contributed by atoms with Gasteiger partial charge in [-0.3, -0.25) is 10.1 Å². The van der Waals surface area contributed by atoms with Crippen LogP contribution in [0, 0.1) is 0 Å². The summed E-state index contributed by atoms with van der Waals surface area (Å²) in [7, 11) is -3.46. The Morgan fingerprint density at radius 3 is 2.74 bits per heavy atom. The second-order valence-corrected chi connectivity index (χ2v) is 5.93. The van der Waals surface area contributed by atoms with E-state index in [0.29, 0.717) is 0 Å². The molecule has 0 atom stereocenters. The van der Waals surface area contributed by atoms with E-state index in [1.54, 1.807) is 12.1 Å². The zero-order valence-corrected chi connectivity index (χ0v) is 10.9. The maximum atomic E-state index is 12.0. The lowest BCUT2D eigenvalue weighted by Crippen LogP contribution is -2.17. The molecule has 0 saturated carbocycles. The Hall–Kier alpha value is -2.22. The fourth-order valence-electron chi connectivity index (χ4n) is 1.52. The number of aromatic amines is 1. The molecule has 2 N–H and O–H groups in total. The molecule has 0 bridgehead atoms. The molecule has 0 saturated heterocycles. The fourth-order valence-corrected chi connectivity index (χ4v) is 2.61. The molecule has 1 aromatic carbocycles. The zero-order chi connectivity index (χ0) is 13.9. The topological polar surface area (TPSA) is 105 Å². The van der Waals surface area contributed by atoms with Gasteiger partial charge < -0.3 is 0 Å². The van der Waals surface area contributed by atoms with Crippen molar-refractivity contribution in [3.8, 4) is 0 Å². The van der Waals surface area contributed by atoms with Gasteiger partial charge in [-0.05, 0) is 12.1 Å². The first-order valence-corrected chi connectivity index (χ1v) is 7.18. The molecule has 7 nitrogen and oxygen atoms in total. The second kappa shape index (κ2) is 5.19. The highest BCUT2D eigenvalue weighted by Gasteiger charge is 2.20. The minimum atomic E-state index is -3.46. The van der Waals surface area contributed by atoms with Crippen LogP contribution in [-0.4, -0.2) is 35.3 Å². The van der Waals surface area contributed by atoms with E-state index in [0.717, 1.165) is 0 Å². The van der Waals surface area contributed by atoms with Crippen LogP contribution < -0.4 is 5.32 Å². The molecule has 0 unspecified atom stereocenters. The highest BCUT2D eigenvalue weighted by molar-refractivity contribution is 7.91. The number of hydrogen-bond acceptors (Lipinski definition) is 5. The van der Waals surface area contributed by atoms with Gasteiger partial charge in [-0.25, -0.2) is 13.5 Å². The lowest BCUT2D eigenvalue weighted by Gasteiger charge is -2.08. The number of nitrogens with zero attached hydrogens (tertiary/aromatic N) is 2. The van der Waals surface area contributed by atoms with Crippen molar-refractivity contribution in [2.24, 2.45) is 0 Å². The minimum Gasteiger partial charge on any atom is -0.291 e. The Bertz CT molecular complexity index is 680. The summed E-state index contributed by atoms with van der Waals surface area (Å²) in [6.07, 6.45) is 1.24. The van der Waals surface area contributed by atoms with Gasteiger partial charge in [0.1, 0.15) is 6.33 Å². The largest absolute Gasteiger partial charge is 0.291 e. The summed E-state index contributed by atoms with van der Waals surface area (Å²) in [6, 6.07) is 6.04.